The smallest absolute Gasteiger partial charge is 0.286 e. The van der Waals surface area contributed by atoms with Gasteiger partial charge in [0.25, 0.3) is 5.91 Å². The van der Waals surface area contributed by atoms with Crippen molar-refractivity contribution in [2.45, 2.75) is 6.42 Å². The Hall–Kier alpha value is -2.60. The van der Waals surface area contributed by atoms with Gasteiger partial charge < -0.3 is 4.98 Å². The number of halogens is 1. The van der Waals surface area contributed by atoms with Gasteiger partial charge in [-0.05, 0) is 38.3 Å². The van der Waals surface area contributed by atoms with Crippen molar-refractivity contribution >= 4 is 38.5 Å². The molecule has 0 fully saturated rings. The molecule has 0 unspecified atom stereocenters. The average Bonchev–Trinajstić information content (AvgIpc) is 2.99. The van der Waals surface area contributed by atoms with Crippen LogP contribution in [0.25, 0.3) is 10.8 Å². The highest BCUT2D eigenvalue weighted by atomic mass is 79.9. The first-order valence-electron chi connectivity index (χ1n) is 7.02. The van der Waals surface area contributed by atoms with Crippen molar-refractivity contribution in [3.63, 3.8) is 0 Å². The molecule has 0 aliphatic rings. The number of amides is 2. The number of rotatable bonds is 3. The van der Waals surface area contributed by atoms with Crippen molar-refractivity contribution in [2.24, 2.45) is 0 Å². The molecule has 0 saturated heterocycles. The zero-order valence-electron chi connectivity index (χ0n) is 12.1. The van der Waals surface area contributed by atoms with E-state index in [1.54, 1.807) is 12.3 Å². The number of aromatic nitrogens is 1. The first-order chi connectivity index (χ1) is 11.1. The summed E-state index contributed by atoms with van der Waals surface area (Å²) in [7, 11) is 0. The lowest BCUT2D eigenvalue weighted by atomic mass is 10.1. The minimum absolute atomic E-state index is 0.194. The molecule has 0 aliphatic heterocycles. The zero-order chi connectivity index (χ0) is 16.2. The lowest BCUT2D eigenvalue weighted by Gasteiger charge is -2.07. The van der Waals surface area contributed by atoms with Gasteiger partial charge in [-0.15, -0.1) is 0 Å². The standard InChI is InChI=1S/C17H14BrN3O2/c18-14-9-15(19-10-14)17(23)21-20-16(22)8-11-5-6-12-3-1-2-4-13(12)7-11/h1-7,9-10,19H,8H2,(H,20,22)(H,21,23). The van der Waals surface area contributed by atoms with Gasteiger partial charge in [-0.2, -0.15) is 0 Å². The van der Waals surface area contributed by atoms with Gasteiger partial charge in [0, 0.05) is 10.7 Å². The van der Waals surface area contributed by atoms with Crippen molar-refractivity contribution < 1.29 is 9.59 Å². The maximum Gasteiger partial charge on any atom is 0.286 e. The molecule has 1 aromatic heterocycles. The van der Waals surface area contributed by atoms with Crippen LogP contribution in [0.4, 0.5) is 0 Å². The minimum Gasteiger partial charge on any atom is -0.356 e. The number of H-pyrrole nitrogens is 1. The fourth-order valence-corrected chi connectivity index (χ4v) is 2.61. The third kappa shape index (κ3) is 3.78. The van der Waals surface area contributed by atoms with Crippen LogP contribution < -0.4 is 10.9 Å². The molecule has 0 radical (unpaired) electrons. The Morgan fingerprint density at radius 3 is 2.52 bits per heavy atom. The monoisotopic (exact) mass is 371 g/mol. The molecule has 0 spiro atoms. The quantitative estimate of drug-likeness (QED) is 0.619. The number of hydrogen-bond acceptors (Lipinski definition) is 2. The summed E-state index contributed by atoms with van der Waals surface area (Å²) in [5, 5.41) is 2.21. The maximum absolute atomic E-state index is 11.9. The summed E-state index contributed by atoms with van der Waals surface area (Å²) < 4.78 is 0.769. The molecule has 2 aromatic carbocycles. The molecule has 23 heavy (non-hydrogen) atoms. The van der Waals surface area contributed by atoms with E-state index in [0.717, 1.165) is 20.8 Å². The van der Waals surface area contributed by atoms with E-state index in [0.29, 0.717) is 5.69 Å². The normalized spacial score (nSPS) is 10.5. The zero-order valence-corrected chi connectivity index (χ0v) is 13.7. The van der Waals surface area contributed by atoms with Crippen LogP contribution in [0.1, 0.15) is 16.1 Å². The Labute approximate surface area is 141 Å². The molecule has 0 bridgehead atoms. The SMILES string of the molecule is O=C(Cc1ccc2ccccc2c1)NNC(=O)c1cc(Br)c[nH]1. The van der Waals surface area contributed by atoms with Gasteiger partial charge in [0.15, 0.2) is 0 Å². The van der Waals surface area contributed by atoms with Crippen molar-refractivity contribution in [3.05, 3.63) is 70.5 Å². The Kier molecular flexibility index (Phi) is 4.43. The number of carbonyl (C=O) groups is 2. The van der Waals surface area contributed by atoms with E-state index >= 15 is 0 Å². The highest BCUT2D eigenvalue weighted by molar-refractivity contribution is 9.10. The summed E-state index contributed by atoms with van der Waals surface area (Å²) in [6, 6.07) is 15.4. The summed E-state index contributed by atoms with van der Waals surface area (Å²) in [6.07, 6.45) is 1.84. The number of carbonyl (C=O) groups excluding carboxylic acids is 2. The highest BCUT2D eigenvalue weighted by Gasteiger charge is 2.09. The van der Waals surface area contributed by atoms with Gasteiger partial charge in [0.2, 0.25) is 5.91 Å². The van der Waals surface area contributed by atoms with E-state index in [4.69, 9.17) is 0 Å². The number of nitrogens with one attached hydrogen (secondary N) is 3. The Bertz CT molecular complexity index is 873. The fraction of sp³-hybridized carbons (Fsp3) is 0.0588. The van der Waals surface area contributed by atoms with Crippen molar-refractivity contribution in [3.8, 4) is 0 Å². The molecular formula is C17H14BrN3O2. The molecule has 3 rings (SSSR count). The number of fused-ring (bicyclic) bond motifs is 1. The summed E-state index contributed by atoms with van der Waals surface area (Å²) in [4.78, 5) is 26.5. The minimum atomic E-state index is -0.400. The predicted molar refractivity (Wildman–Crippen MR) is 91.8 cm³/mol. The molecule has 3 aromatic rings. The molecule has 0 atom stereocenters. The van der Waals surface area contributed by atoms with Crippen LogP contribution in [0.3, 0.4) is 0 Å². The van der Waals surface area contributed by atoms with E-state index in [1.165, 1.54) is 0 Å². The molecule has 5 nitrogen and oxygen atoms in total. The Morgan fingerprint density at radius 1 is 1.00 bits per heavy atom. The summed E-state index contributed by atoms with van der Waals surface area (Å²) in [5.41, 5.74) is 6.04. The molecule has 1 heterocycles. The van der Waals surface area contributed by atoms with Crippen molar-refractivity contribution in [1.82, 2.24) is 15.8 Å². The molecular weight excluding hydrogens is 358 g/mol. The van der Waals surface area contributed by atoms with Gasteiger partial charge in [-0.1, -0.05) is 42.5 Å². The molecule has 116 valence electrons. The molecule has 0 aliphatic carbocycles. The van der Waals surface area contributed by atoms with Crippen LogP contribution in [0.2, 0.25) is 0 Å². The van der Waals surface area contributed by atoms with Crippen LogP contribution >= 0.6 is 15.9 Å². The van der Waals surface area contributed by atoms with E-state index in [-0.39, 0.29) is 12.3 Å². The first-order valence-corrected chi connectivity index (χ1v) is 7.82. The van der Waals surface area contributed by atoms with E-state index in [2.05, 4.69) is 31.8 Å². The predicted octanol–water partition coefficient (Wildman–Crippen LogP) is 2.93. The largest absolute Gasteiger partial charge is 0.356 e. The van der Waals surface area contributed by atoms with Gasteiger partial charge >= 0.3 is 0 Å². The second-order valence-electron chi connectivity index (χ2n) is 5.09. The number of hydrogen-bond donors (Lipinski definition) is 3. The van der Waals surface area contributed by atoms with E-state index in [9.17, 15) is 9.59 Å². The third-order valence-electron chi connectivity index (χ3n) is 3.39. The van der Waals surface area contributed by atoms with Crippen LogP contribution in [0.15, 0.2) is 59.2 Å². The van der Waals surface area contributed by atoms with Crippen LogP contribution in [0, 0.1) is 0 Å². The molecule has 2 amide bonds. The second kappa shape index (κ2) is 6.66. The Balaban J connectivity index is 1.59. The number of benzene rings is 2. The highest BCUT2D eigenvalue weighted by Crippen LogP contribution is 2.15. The van der Waals surface area contributed by atoms with E-state index < -0.39 is 5.91 Å². The lowest BCUT2D eigenvalue weighted by Crippen LogP contribution is -2.42. The maximum atomic E-state index is 11.9. The summed E-state index contributed by atoms with van der Waals surface area (Å²) in [5.74, 6) is -0.679. The number of aromatic amines is 1. The average molecular weight is 372 g/mol. The third-order valence-corrected chi connectivity index (χ3v) is 3.84. The van der Waals surface area contributed by atoms with Crippen LogP contribution in [-0.4, -0.2) is 16.8 Å². The Morgan fingerprint density at radius 2 is 1.78 bits per heavy atom. The van der Waals surface area contributed by atoms with Gasteiger partial charge in [-0.25, -0.2) is 0 Å². The lowest BCUT2D eigenvalue weighted by molar-refractivity contribution is -0.121. The topological polar surface area (TPSA) is 74.0 Å². The second-order valence-corrected chi connectivity index (χ2v) is 6.01. The van der Waals surface area contributed by atoms with Gasteiger partial charge in [0.1, 0.15) is 5.69 Å². The van der Waals surface area contributed by atoms with Crippen molar-refractivity contribution in [1.29, 1.82) is 0 Å². The van der Waals surface area contributed by atoms with Crippen LogP contribution in [-0.2, 0) is 11.2 Å². The molecule has 3 N–H and O–H groups in total. The fourth-order valence-electron chi connectivity index (χ4n) is 2.27. The van der Waals surface area contributed by atoms with Gasteiger partial charge in [-0.3, -0.25) is 20.4 Å². The molecule has 6 heteroatoms. The van der Waals surface area contributed by atoms with Crippen molar-refractivity contribution in [2.75, 3.05) is 0 Å². The molecule has 0 saturated carbocycles. The number of hydrazine groups is 1. The van der Waals surface area contributed by atoms with E-state index in [1.807, 2.05) is 42.5 Å². The van der Waals surface area contributed by atoms with Crippen LogP contribution in [0.5, 0.6) is 0 Å². The van der Waals surface area contributed by atoms with Gasteiger partial charge in [0.05, 0.1) is 6.42 Å². The first kappa shape index (κ1) is 15.3. The summed E-state index contributed by atoms with van der Waals surface area (Å²) >= 11 is 3.25. The summed E-state index contributed by atoms with van der Waals surface area (Å²) in [6.45, 7) is 0.